The Morgan fingerprint density at radius 1 is 1.26 bits per heavy atom. The van der Waals surface area contributed by atoms with Crippen molar-refractivity contribution in [1.29, 1.82) is 0 Å². The predicted molar refractivity (Wildman–Crippen MR) is 71.9 cm³/mol. The molecule has 0 spiro atoms. The lowest BCUT2D eigenvalue weighted by atomic mass is 10.1. The van der Waals surface area contributed by atoms with Gasteiger partial charge in [-0.3, -0.25) is 0 Å². The first-order chi connectivity index (χ1) is 9.20. The third-order valence-corrected chi connectivity index (χ3v) is 2.91. The molecule has 4 heteroatoms. The lowest BCUT2D eigenvalue weighted by Gasteiger charge is -2.17. The first-order valence-corrected chi connectivity index (χ1v) is 6.27. The average molecular weight is 259 g/mol. The molecule has 0 saturated heterocycles. The minimum atomic E-state index is -0.375. The molecule has 0 radical (unpaired) electrons. The topological polar surface area (TPSA) is 51.5 Å². The van der Waals surface area contributed by atoms with E-state index in [0.717, 1.165) is 5.56 Å². The first-order valence-electron chi connectivity index (χ1n) is 6.27. The van der Waals surface area contributed by atoms with Crippen LogP contribution < -0.4 is 0 Å². The summed E-state index contributed by atoms with van der Waals surface area (Å²) in [6.45, 7) is 2.16. The molecule has 0 saturated carbocycles. The van der Waals surface area contributed by atoms with Crippen molar-refractivity contribution in [3.05, 3.63) is 54.4 Å². The number of hydrogen-bond acceptors (Lipinski definition) is 3. The van der Waals surface area contributed by atoms with Crippen LogP contribution in [0.1, 0.15) is 18.5 Å². The molecule has 1 atom stereocenters. The van der Waals surface area contributed by atoms with Gasteiger partial charge in [-0.25, -0.2) is 4.79 Å². The quantitative estimate of drug-likeness (QED) is 0.839. The van der Waals surface area contributed by atoms with Gasteiger partial charge in [0, 0.05) is 18.8 Å². The van der Waals surface area contributed by atoms with Gasteiger partial charge in [-0.15, -0.1) is 0 Å². The number of carbonyl (C=O) groups is 1. The minimum absolute atomic E-state index is 0.220. The lowest BCUT2D eigenvalue weighted by molar-refractivity contribution is -0.147. The highest BCUT2D eigenvalue weighted by Gasteiger charge is 2.21. The monoisotopic (exact) mass is 259 g/mol. The van der Waals surface area contributed by atoms with Gasteiger partial charge in [0.05, 0.1) is 6.61 Å². The Bertz CT molecular complexity index is 517. The molecule has 4 nitrogen and oxygen atoms in total. The number of ether oxygens (including phenoxy) is 1. The molecular formula is C15H17NO3. The normalized spacial score (nSPS) is 12.1. The van der Waals surface area contributed by atoms with Crippen LogP contribution in [0.15, 0.2) is 48.8 Å². The van der Waals surface area contributed by atoms with E-state index in [1.165, 1.54) is 0 Å². The molecular weight excluding hydrogens is 242 g/mol. The molecule has 1 N–H and O–H groups in total. The van der Waals surface area contributed by atoms with Gasteiger partial charge in [-0.1, -0.05) is 12.1 Å². The zero-order valence-electron chi connectivity index (χ0n) is 10.8. The first kappa shape index (κ1) is 13.2. The zero-order valence-corrected chi connectivity index (χ0v) is 10.8. The molecule has 0 fully saturated rings. The molecule has 0 aliphatic rings. The summed E-state index contributed by atoms with van der Waals surface area (Å²) in [5.41, 5.74) is 0.976. The maximum Gasteiger partial charge on any atom is 0.329 e. The zero-order chi connectivity index (χ0) is 13.7. The van der Waals surface area contributed by atoms with Crippen LogP contribution in [-0.2, 0) is 16.0 Å². The Morgan fingerprint density at radius 2 is 1.89 bits per heavy atom. The van der Waals surface area contributed by atoms with Crippen molar-refractivity contribution < 1.29 is 14.6 Å². The van der Waals surface area contributed by atoms with Crippen LogP contribution in [0.3, 0.4) is 0 Å². The van der Waals surface area contributed by atoms with E-state index in [1.807, 2.05) is 41.2 Å². The standard InChI is InChI=1S/C15H17NO3/c1-2-19-15(18)14(16-9-3-4-10-16)11-12-5-7-13(17)8-6-12/h3-10,14,17H,2,11H2,1H3. The summed E-state index contributed by atoms with van der Waals surface area (Å²) in [5.74, 6) is -0.0239. The second kappa shape index (κ2) is 6.09. The van der Waals surface area contributed by atoms with Crippen molar-refractivity contribution in [2.75, 3.05) is 6.61 Å². The summed E-state index contributed by atoms with van der Waals surface area (Å²) in [5, 5.41) is 9.27. The number of esters is 1. The van der Waals surface area contributed by atoms with Crippen molar-refractivity contribution in [3.63, 3.8) is 0 Å². The van der Waals surface area contributed by atoms with Gasteiger partial charge in [0.2, 0.25) is 0 Å². The van der Waals surface area contributed by atoms with Gasteiger partial charge in [-0.05, 0) is 36.8 Å². The predicted octanol–water partition coefficient (Wildman–Crippen LogP) is 2.54. The maximum absolute atomic E-state index is 12.0. The maximum atomic E-state index is 12.0. The fraction of sp³-hybridized carbons (Fsp3) is 0.267. The van der Waals surface area contributed by atoms with Crippen molar-refractivity contribution >= 4 is 5.97 Å². The molecule has 2 aromatic rings. The summed E-state index contributed by atoms with van der Waals surface area (Å²) in [6, 6.07) is 10.2. The van der Waals surface area contributed by atoms with E-state index in [0.29, 0.717) is 13.0 Å². The van der Waals surface area contributed by atoms with E-state index < -0.39 is 0 Å². The number of benzene rings is 1. The van der Waals surface area contributed by atoms with Crippen LogP contribution in [0.2, 0.25) is 0 Å². The molecule has 1 unspecified atom stereocenters. The summed E-state index contributed by atoms with van der Waals surface area (Å²) in [7, 11) is 0. The molecule has 19 heavy (non-hydrogen) atoms. The molecule has 1 aromatic heterocycles. The smallest absolute Gasteiger partial charge is 0.329 e. The molecule has 0 aliphatic heterocycles. The van der Waals surface area contributed by atoms with Crippen LogP contribution in [-0.4, -0.2) is 22.2 Å². The van der Waals surface area contributed by atoms with Gasteiger partial charge in [0.25, 0.3) is 0 Å². The van der Waals surface area contributed by atoms with Crippen molar-refractivity contribution in [2.45, 2.75) is 19.4 Å². The van der Waals surface area contributed by atoms with Crippen molar-refractivity contribution in [1.82, 2.24) is 4.57 Å². The summed E-state index contributed by atoms with van der Waals surface area (Å²) in [4.78, 5) is 12.0. The molecule has 1 heterocycles. The van der Waals surface area contributed by atoms with Crippen LogP contribution in [0.5, 0.6) is 5.75 Å². The number of carbonyl (C=O) groups excluding carboxylic acids is 1. The number of aromatic hydroxyl groups is 1. The number of phenolic OH excluding ortho intramolecular Hbond substituents is 1. The third kappa shape index (κ3) is 3.37. The highest BCUT2D eigenvalue weighted by molar-refractivity contribution is 5.74. The van der Waals surface area contributed by atoms with E-state index in [1.54, 1.807) is 19.1 Å². The lowest BCUT2D eigenvalue weighted by Crippen LogP contribution is -2.23. The van der Waals surface area contributed by atoms with Gasteiger partial charge >= 0.3 is 5.97 Å². The molecule has 100 valence electrons. The van der Waals surface area contributed by atoms with Gasteiger partial charge in [-0.2, -0.15) is 0 Å². The van der Waals surface area contributed by atoms with Crippen LogP contribution in [0, 0.1) is 0 Å². The Kier molecular flexibility index (Phi) is 4.23. The largest absolute Gasteiger partial charge is 0.508 e. The minimum Gasteiger partial charge on any atom is -0.508 e. The number of hydrogen-bond donors (Lipinski definition) is 1. The Morgan fingerprint density at radius 3 is 2.47 bits per heavy atom. The number of aromatic nitrogens is 1. The molecule has 0 amide bonds. The van der Waals surface area contributed by atoms with E-state index >= 15 is 0 Å². The summed E-state index contributed by atoms with van der Waals surface area (Å²) in [6.07, 6.45) is 4.23. The van der Waals surface area contributed by atoms with Crippen LogP contribution >= 0.6 is 0 Å². The highest BCUT2D eigenvalue weighted by Crippen LogP contribution is 2.18. The molecule has 0 bridgehead atoms. The van der Waals surface area contributed by atoms with E-state index in [4.69, 9.17) is 4.74 Å². The fourth-order valence-electron chi connectivity index (χ4n) is 1.96. The average Bonchev–Trinajstić information content (AvgIpc) is 2.92. The summed E-state index contributed by atoms with van der Waals surface area (Å²) >= 11 is 0. The van der Waals surface area contributed by atoms with Crippen molar-refractivity contribution in [3.8, 4) is 5.75 Å². The van der Waals surface area contributed by atoms with E-state index in [2.05, 4.69) is 0 Å². The number of phenols is 1. The Balaban J connectivity index is 2.18. The second-order valence-electron chi connectivity index (χ2n) is 4.27. The van der Waals surface area contributed by atoms with Crippen LogP contribution in [0.25, 0.3) is 0 Å². The number of nitrogens with zero attached hydrogens (tertiary/aromatic N) is 1. The highest BCUT2D eigenvalue weighted by atomic mass is 16.5. The SMILES string of the molecule is CCOC(=O)C(Cc1ccc(O)cc1)n1cccc1. The Hall–Kier alpha value is -2.23. The van der Waals surface area contributed by atoms with E-state index in [9.17, 15) is 9.90 Å². The van der Waals surface area contributed by atoms with Gasteiger partial charge in [0.15, 0.2) is 0 Å². The third-order valence-electron chi connectivity index (χ3n) is 2.91. The fourth-order valence-corrected chi connectivity index (χ4v) is 1.96. The van der Waals surface area contributed by atoms with E-state index in [-0.39, 0.29) is 17.8 Å². The second-order valence-corrected chi connectivity index (χ2v) is 4.27. The molecule has 1 aromatic carbocycles. The van der Waals surface area contributed by atoms with Crippen LogP contribution in [0.4, 0.5) is 0 Å². The van der Waals surface area contributed by atoms with Crippen molar-refractivity contribution in [2.24, 2.45) is 0 Å². The Labute approximate surface area is 112 Å². The van der Waals surface area contributed by atoms with Gasteiger partial charge < -0.3 is 14.4 Å². The molecule has 2 rings (SSSR count). The number of rotatable bonds is 5. The summed E-state index contributed by atoms with van der Waals surface area (Å²) < 4.78 is 6.95. The van der Waals surface area contributed by atoms with Gasteiger partial charge in [0.1, 0.15) is 11.8 Å². The molecule has 0 aliphatic carbocycles.